The molecule has 7 heteroatoms. The van der Waals surface area contributed by atoms with Crippen LogP contribution in [0.5, 0.6) is 5.75 Å². The summed E-state index contributed by atoms with van der Waals surface area (Å²) in [6.45, 7) is 9.80. The number of halogens is 1. The van der Waals surface area contributed by atoms with Gasteiger partial charge in [0.25, 0.3) is 0 Å². The number of hydrogen-bond donors (Lipinski definition) is 0. The van der Waals surface area contributed by atoms with Crippen molar-refractivity contribution in [3.8, 4) is 11.8 Å². The van der Waals surface area contributed by atoms with Crippen molar-refractivity contribution in [1.29, 1.82) is 5.26 Å². The SMILES string of the molecule is C=C(C#N)CN(C(=O)OC(C)(C)C)c1c(OCCOC)ccc2ccc(Br)cc12. The predicted molar refractivity (Wildman–Crippen MR) is 117 cm³/mol. The Labute approximate surface area is 179 Å². The molecule has 2 rings (SSSR count). The van der Waals surface area contributed by atoms with Crippen LogP contribution in [0.15, 0.2) is 47.0 Å². The Bertz CT molecular complexity index is 944. The third-order valence-corrected chi connectivity index (χ3v) is 4.35. The smallest absolute Gasteiger partial charge is 0.415 e. The van der Waals surface area contributed by atoms with Gasteiger partial charge in [-0.05, 0) is 44.4 Å². The molecule has 0 aromatic heterocycles. The van der Waals surface area contributed by atoms with E-state index in [9.17, 15) is 10.1 Å². The Morgan fingerprint density at radius 3 is 2.55 bits per heavy atom. The van der Waals surface area contributed by atoms with Crippen molar-refractivity contribution < 1.29 is 19.0 Å². The van der Waals surface area contributed by atoms with E-state index in [-0.39, 0.29) is 12.1 Å². The number of carbonyl (C=O) groups excluding carboxylic acids is 1. The lowest BCUT2D eigenvalue weighted by Crippen LogP contribution is -2.38. The molecule has 0 N–H and O–H groups in total. The second kappa shape index (κ2) is 9.77. The number of methoxy groups -OCH3 is 1. The lowest BCUT2D eigenvalue weighted by atomic mass is 10.1. The largest absolute Gasteiger partial charge is 0.489 e. The molecule has 1 amide bonds. The number of benzene rings is 2. The van der Waals surface area contributed by atoms with E-state index < -0.39 is 11.7 Å². The van der Waals surface area contributed by atoms with E-state index in [1.165, 1.54) is 4.90 Å². The fraction of sp³-hybridized carbons (Fsp3) is 0.364. The highest BCUT2D eigenvalue weighted by Gasteiger charge is 2.28. The van der Waals surface area contributed by atoms with Crippen LogP contribution in [0.25, 0.3) is 10.8 Å². The van der Waals surface area contributed by atoms with E-state index in [2.05, 4.69) is 22.5 Å². The number of ether oxygens (including phenoxy) is 3. The molecule has 0 unspecified atom stereocenters. The molecule has 0 saturated heterocycles. The van der Waals surface area contributed by atoms with E-state index in [1.807, 2.05) is 30.3 Å². The molecule has 0 aliphatic carbocycles. The van der Waals surface area contributed by atoms with Crippen molar-refractivity contribution in [1.82, 2.24) is 0 Å². The maximum absolute atomic E-state index is 13.1. The number of amides is 1. The fourth-order valence-electron chi connectivity index (χ4n) is 2.66. The first-order valence-corrected chi connectivity index (χ1v) is 9.88. The van der Waals surface area contributed by atoms with Crippen LogP contribution in [0.1, 0.15) is 20.8 Å². The van der Waals surface area contributed by atoms with E-state index in [0.717, 1.165) is 15.2 Å². The highest BCUT2D eigenvalue weighted by Crippen LogP contribution is 2.39. The maximum Gasteiger partial charge on any atom is 0.415 e. The Morgan fingerprint density at radius 2 is 1.93 bits per heavy atom. The second-order valence-electron chi connectivity index (χ2n) is 7.40. The summed E-state index contributed by atoms with van der Waals surface area (Å²) in [5.41, 5.74) is 0.0437. The maximum atomic E-state index is 13.1. The van der Waals surface area contributed by atoms with Gasteiger partial charge in [0.2, 0.25) is 0 Å². The highest BCUT2D eigenvalue weighted by molar-refractivity contribution is 9.10. The molecular formula is C22H25BrN2O4. The van der Waals surface area contributed by atoms with Crippen molar-refractivity contribution in [2.45, 2.75) is 26.4 Å². The summed E-state index contributed by atoms with van der Waals surface area (Å²) in [4.78, 5) is 14.5. The molecule has 0 atom stereocenters. The Kier molecular flexibility index (Phi) is 7.66. The lowest BCUT2D eigenvalue weighted by molar-refractivity contribution is 0.0583. The molecule has 0 saturated carbocycles. The summed E-state index contributed by atoms with van der Waals surface area (Å²) in [6.07, 6.45) is -0.585. The van der Waals surface area contributed by atoms with Crippen molar-refractivity contribution in [2.24, 2.45) is 0 Å². The zero-order chi connectivity index (χ0) is 21.6. The number of fused-ring (bicyclic) bond motifs is 1. The van der Waals surface area contributed by atoms with Gasteiger partial charge in [-0.15, -0.1) is 0 Å². The first-order chi connectivity index (χ1) is 13.7. The van der Waals surface area contributed by atoms with Crippen LogP contribution >= 0.6 is 15.9 Å². The molecule has 0 spiro atoms. The molecule has 0 bridgehead atoms. The molecule has 0 heterocycles. The number of carbonyl (C=O) groups is 1. The quantitative estimate of drug-likeness (QED) is 0.405. The van der Waals surface area contributed by atoms with Gasteiger partial charge in [-0.3, -0.25) is 4.90 Å². The minimum absolute atomic E-state index is 0.0162. The van der Waals surface area contributed by atoms with Crippen LogP contribution in [0.3, 0.4) is 0 Å². The topological polar surface area (TPSA) is 71.8 Å². The van der Waals surface area contributed by atoms with Gasteiger partial charge in [-0.25, -0.2) is 4.79 Å². The molecule has 0 fully saturated rings. The van der Waals surface area contributed by atoms with Crippen LogP contribution in [0.2, 0.25) is 0 Å². The van der Waals surface area contributed by atoms with E-state index in [1.54, 1.807) is 33.9 Å². The first kappa shape index (κ1) is 22.7. The molecule has 0 radical (unpaired) electrons. The average Bonchev–Trinajstić information content (AvgIpc) is 2.64. The van der Waals surface area contributed by atoms with Crippen LogP contribution in [-0.4, -0.2) is 38.6 Å². The van der Waals surface area contributed by atoms with Gasteiger partial charge >= 0.3 is 6.09 Å². The molecule has 0 aliphatic heterocycles. The zero-order valence-corrected chi connectivity index (χ0v) is 18.7. The number of hydrogen-bond acceptors (Lipinski definition) is 5. The Morgan fingerprint density at radius 1 is 1.24 bits per heavy atom. The van der Waals surface area contributed by atoms with Gasteiger partial charge in [0.1, 0.15) is 18.0 Å². The third-order valence-electron chi connectivity index (χ3n) is 3.85. The minimum atomic E-state index is -0.703. The van der Waals surface area contributed by atoms with Gasteiger partial charge in [-0.1, -0.05) is 34.6 Å². The zero-order valence-electron chi connectivity index (χ0n) is 17.1. The molecular weight excluding hydrogens is 436 g/mol. The monoisotopic (exact) mass is 460 g/mol. The van der Waals surface area contributed by atoms with Gasteiger partial charge in [0.05, 0.1) is 24.9 Å². The van der Waals surface area contributed by atoms with Gasteiger partial charge < -0.3 is 14.2 Å². The predicted octanol–water partition coefficient (Wildman–Crippen LogP) is 5.45. The average molecular weight is 461 g/mol. The summed E-state index contributed by atoms with van der Waals surface area (Å²) in [5, 5.41) is 11.0. The summed E-state index contributed by atoms with van der Waals surface area (Å²) in [5.74, 6) is 0.490. The minimum Gasteiger partial charge on any atom is -0.489 e. The molecule has 6 nitrogen and oxygen atoms in total. The van der Waals surface area contributed by atoms with Crippen LogP contribution < -0.4 is 9.64 Å². The Hall–Kier alpha value is -2.56. The number of nitriles is 1. The van der Waals surface area contributed by atoms with Gasteiger partial charge in [0, 0.05) is 22.5 Å². The normalized spacial score (nSPS) is 11.0. The Balaban J connectivity index is 2.66. The second-order valence-corrected chi connectivity index (χ2v) is 8.32. The molecule has 0 aliphatic rings. The van der Waals surface area contributed by atoms with Crippen LogP contribution in [-0.2, 0) is 9.47 Å². The molecule has 2 aromatic rings. The van der Waals surface area contributed by atoms with E-state index in [4.69, 9.17) is 14.2 Å². The lowest BCUT2D eigenvalue weighted by Gasteiger charge is -2.29. The fourth-order valence-corrected chi connectivity index (χ4v) is 3.03. The highest BCUT2D eigenvalue weighted by atomic mass is 79.9. The van der Waals surface area contributed by atoms with Crippen LogP contribution in [0, 0.1) is 11.3 Å². The van der Waals surface area contributed by atoms with E-state index in [0.29, 0.717) is 24.7 Å². The number of nitrogens with zero attached hydrogens (tertiary/aromatic N) is 2. The van der Waals surface area contributed by atoms with Crippen molar-refractivity contribution in [2.75, 3.05) is 31.8 Å². The van der Waals surface area contributed by atoms with Crippen molar-refractivity contribution >= 4 is 38.5 Å². The summed E-state index contributed by atoms with van der Waals surface area (Å²) < 4.78 is 17.4. The summed E-state index contributed by atoms with van der Waals surface area (Å²) in [6, 6.07) is 11.5. The molecule has 29 heavy (non-hydrogen) atoms. The number of anilines is 1. The number of rotatable bonds is 7. The van der Waals surface area contributed by atoms with Crippen LogP contribution in [0.4, 0.5) is 10.5 Å². The standard InChI is InChI=1S/C22H25BrN2O4/c1-15(13-24)14-25(21(26)29-22(2,3)4)20-18-12-17(23)8-6-16(18)7-9-19(20)28-11-10-27-5/h6-9,12H,1,10-11,14H2,2-5H3. The molecule has 2 aromatic carbocycles. The third kappa shape index (κ3) is 6.21. The van der Waals surface area contributed by atoms with Crippen molar-refractivity contribution in [3.63, 3.8) is 0 Å². The summed E-state index contributed by atoms with van der Waals surface area (Å²) >= 11 is 3.49. The van der Waals surface area contributed by atoms with Gasteiger partial charge in [0.15, 0.2) is 0 Å². The van der Waals surface area contributed by atoms with E-state index >= 15 is 0 Å². The summed E-state index contributed by atoms with van der Waals surface area (Å²) in [7, 11) is 1.59. The molecule has 154 valence electrons. The van der Waals surface area contributed by atoms with Gasteiger partial charge in [-0.2, -0.15) is 5.26 Å². The first-order valence-electron chi connectivity index (χ1n) is 9.08. The van der Waals surface area contributed by atoms with Crippen molar-refractivity contribution in [3.05, 3.63) is 47.0 Å².